The quantitative estimate of drug-likeness (QED) is 0.335. The summed E-state index contributed by atoms with van der Waals surface area (Å²) in [5, 5.41) is 11.7. The number of hydrogen-bond donors (Lipinski definition) is 1. The van der Waals surface area contributed by atoms with Gasteiger partial charge < -0.3 is 9.84 Å². The molecule has 0 saturated heterocycles. The molecule has 3 nitrogen and oxygen atoms in total. The van der Waals surface area contributed by atoms with Gasteiger partial charge in [-0.05, 0) is 91.8 Å². The maximum Gasteiger partial charge on any atom is 0.302 e. The Hall–Kier alpha value is -0.830. The van der Waals surface area contributed by atoms with Gasteiger partial charge in [0.05, 0.1) is 6.10 Å². The molecule has 3 saturated carbocycles. The van der Waals surface area contributed by atoms with Gasteiger partial charge in [-0.2, -0.15) is 0 Å². The Balaban J connectivity index is 1.54. The van der Waals surface area contributed by atoms with Crippen LogP contribution in [0.1, 0.15) is 113 Å². The Morgan fingerprint density at radius 3 is 2.48 bits per heavy atom. The van der Waals surface area contributed by atoms with Crippen LogP contribution in [0, 0.1) is 46.3 Å². The lowest BCUT2D eigenvalue weighted by molar-refractivity contribution is -0.154. The first-order chi connectivity index (χ1) is 15.5. The number of allylic oxidation sites excluding steroid dienone is 1. The monoisotopic (exact) mass is 458 g/mol. The molecule has 0 aromatic carbocycles. The molecular formula is C30H50O3. The van der Waals surface area contributed by atoms with Gasteiger partial charge in [0, 0.05) is 12.8 Å². The molecule has 4 rings (SSSR count). The Morgan fingerprint density at radius 2 is 1.82 bits per heavy atom. The van der Waals surface area contributed by atoms with Crippen LogP contribution in [-0.4, -0.2) is 23.3 Å². The van der Waals surface area contributed by atoms with Crippen molar-refractivity contribution in [3.05, 3.63) is 11.1 Å². The lowest BCUT2D eigenvalue weighted by Gasteiger charge is -2.58. The zero-order valence-corrected chi connectivity index (χ0v) is 22.5. The van der Waals surface area contributed by atoms with Crippen molar-refractivity contribution in [2.24, 2.45) is 46.3 Å². The average Bonchev–Trinajstić information content (AvgIpc) is 3.07. The molecule has 9 atom stereocenters. The second kappa shape index (κ2) is 9.32. The van der Waals surface area contributed by atoms with E-state index in [1.165, 1.54) is 39.0 Å². The van der Waals surface area contributed by atoms with Crippen molar-refractivity contribution in [3.63, 3.8) is 0 Å². The molecule has 3 heteroatoms. The molecule has 0 heterocycles. The largest absolute Gasteiger partial charge is 0.463 e. The third-order valence-electron chi connectivity index (χ3n) is 11.2. The number of carbonyl (C=O) groups is 1. The van der Waals surface area contributed by atoms with Crippen LogP contribution in [0.3, 0.4) is 0 Å². The van der Waals surface area contributed by atoms with Gasteiger partial charge in [0.2, 0.25) is 0 Å². The Labute approximate surface area is 203 Å². The predicted octanol–water partition coefficient (Wildman–Crippen LogP) is 7.32. The number of esters is 1. The minimum Gasteiger partial charge on any atom is -0.463 e. The summed E-state index contributed by atoms with van der Waals surface area (Å²) in [7, 11) is 0. The fourth-order valence-corrected chi connectivity index (χ4v) is 8.93. The van der Waals surface area contributed by atoms with Crippen LogP contribution in [0.2, 0.25) is 0 Å². The predicted molar refractivity (Wildman–Crippen MR) is 135 cm³/mol. The molecule has 4 aliphatic rings. The van der Waals surface area contributed by atoms with Crippen molar-refractivity contribution in [1.82, 2.24) is 0 Å². The van der Waals surface area contributed by atoms with Gasteiger partial charge in [0.1, 0.15) is 6.10 Å². The van der Waals surface area contributed by atoms with Crippen molar-refractivity contribution >= 4 is 5.97 Å². The van der Waals surface area contributed by atoms with Crippen LogP contribution in [0.25, 0.3) is 0 Å². The second-order valence-corrected chi connectivity index (χ2v) is 13.3. The number of aliphatic hydroxyl groups is 1. The Kier molecular flexibility index (Phi) is 7.14. The summed E-state index contributed by atoms with van der Waals surface area (Å²) in [6, 6.07) is 0. The Morgan fingerprint density at radius 1 is 1.09 bits per heavy atom. The summed E-state index contributed by atoms with van der Waals surface area (Å²) in [5.41, 5.74) is 3.72. The Bertz CT molecular complexity index is 769. The van der Waals surface area contributed by atoms with E-state index < -0.39 is 0 Å². The maximum absolute atomic E-state index is 11.7. The molecule has 188 valence electrons. The third-order valence-corrected chi connectivity index (χ3v) is 11.2. The van der Waals surface area contributed by atoms with E-state index in [1.807, 2.05) is 0 Å². The van der Waals surface area contributed by atoms with E-state index in [-0.39, 0.29) is 29.0 Å². The molecule has 0 aromatic rings. The highest BCUT2D eigenvalue weighted by Crippen LogP contribution is 2.66. The molecule has 0 radical (unpaired) electrons. The minimum absolute atomic E-state index is 0.0747. The molecule has 1 N–H and O–H groups in total. The van der Waals surface area contributed by atoms with Crippen molar-refractivity contribution in [2.75, 3.05) is 0 Å². The second-order valence-electron chi connectivity index (χ2n) is 13.3. The van der Waals surface area contributed by atoms with Crippen LogP contribution in [-0.2, 0) is 9.53 Å². The smallest absolute Gasteiger partial charge is 0.302 e. The summed E-state index contributed by atoms with van der Waals surface area (Å²) in [4.78, 5) is 11.5. The van der Waals surface area contributed by atoms with Crippen LogP contribution in [0.5, 0.6) is 0 Å². The maximum atomic E-state index is 11.7. The number of rotatable bonds is 6. The van der Waals surface area contributed by atoms with Gasteiger partial charge in [-0.15, -0.1) is 0 Å². The van der Waals surface area contributed by atoms with Crippen LogP contribution >= 0.6 is 0 Å². The summed E-state index contributed by atoms with van der Waals surface area (Å²) >= 11 is 0. The minimum atomic E-state index is -0.228. The van der Waals surface area contributed by atoms with Crippen LogP contribution < -0.4 is 0 Å². The number of ether oxygens (including phenoxy) is 1. The van der Waals surface area contributed by atoms with Gasteiger partial charge in [-0.1, -0.05) is 65.5 Å². The molecule has 0 amide bonds. The van der Waals surface area contributed by atoms with Crippen LogP contribution in [0.4, 0.5) is 0 Å². The number of aliphatic hydroxyl groups excluding tert-OH is 1. The average molecular weight is 459 g/mol. The molecule has 3 fully saturated rings. The van der Waals surface area contributed by atoms with E-state index in [1.54, 1.807) is 11.1 Å². The molecule has 0 bridgehead atoms. The molecule has 0 unspecified atom stereocenters. The highest BCUT2D eigenvalue weighted by Gasteiger charge is 2.58. The number of carbonyl (C=O) groups excluding carboxylic acids is 1. The first-order valence-corrected chi connectivity index (χ1v) is 14.0. The first-order valence-electron chi connectivity index (χ1n) is 14.0. The van der Waals surface area contributed by atoms with E-state index in [2.05, 4.69) is 41.5 Å². The molecule has 0 aliphatic heterocycles. The van der Waals surface area contributed by atoms with Crippen molar-refractivity contribution in [2.45, 2.75) is 125 Å². The van der Waals surface area contributed by atoms with Gasteiger partial charge in [0.15, 0.2) is 0 Å². The molecule has 33 heavy (non-hydrogen) atoms. The van der Waals surface area contributed by atoms with E-state index in [4.69, 9.17) is 4.74 Å². The molecule has 0 aromatic heterocycles. The van der Waals surface area contributed by atoms with Gasteiger partial charge in [-0.25, -0.2) is 0 Å². The summed E-state index contributed by atoms with van der Waals surface area (Å²) in [6.07, 6.45) is 11.3. The van der Waals surface area contributed by atoms with E-state index in [0.29, 0.717) is 17.8 Å². The summed E-state index contributed by atoms with van der Waals surface area (Å²) in [6.45, 7) is 16.1. The third kappa shape index (κ3) is 4.45. The summed E-state index contributed by atoms with van der Waals surface area (Å²) < 4.78 is 5.61. The van der Waals surface area contributed by atoms with E-state index in [9.17, 15) is 9.90 Å². The fraction of sp³-hybridized carbons (Fsp3) is 0.900. The fourth-order valence-electron chi connectivity index (χ4n) is 8.93. The highest BCUT2D eigenvalue weighted by molar-refractivity contribution is 5.66. The number of fused-ring (bicyclic) bond motifs is 4. The summed E-state index contributed by atoms with van der Waals surface area (Å²) in [5.74, 6) is 3.70. The van der Waals surface area contributed by atoms with Gasteiger partial charge in [0.25, 0.3) is 0 Å². The van der Waals surface area contributed by atoms with Crippen molar-refractivity contribution < 1.29 is 14.6 Å². The normalized spacial score (nSPS) is 42.4. The standard InChI is InChI=1S/C30H50O3/c1-18(2)19(3)8-9-20(4)25-12-13-26-24-11-10-22-16-23(33-21(5)31)14-15-29(22,6)28(24)27(32)17-30(25,26)7/h18-20,22-23,25,27-28,32H,8-17H2,1-7H3/t19-,20+,22-,23+,25+,27-,28+,29-,30-/m0/s1. The molecule has 0 spiro atoms. The molecule has 4 aliphatic carbocycles. The van der Waals surface area contributed by atoms with Gasteiger partial charge >= 0.3 is 5.97 Å². The first kappa shape index (κ1) is 25.3. The SMILES string of the molecule is CC(=O)O[C@@H]1CC[C@@]2(C)[C@@H](CCC3=C4CC[C@H]([C@H](C)CC[C@H](C)C(C)C)[C@]4(C)C[C@H](O)[C@@H]32)C1. The van der Waals surface area contributed by atoms with E-state index >= 15 is 0 Å². The van der Waals surface area contributed by atoms with Crippen molar-refractivity contribution in [3.8, 4) is 0 Å². The highest BCUT2D eigenvalue weighted by atomic mass is 16.5. The van der Waals surface area contributed by atoms with Gasteiger partial charge in [-0.3, -0.25) is 4.79 Å². The van der Waals surface area contributed by atoms with E-state index in [0.717, 1.165) is 49.9 Å². The molecular weight excluding hydrogens is 408 g/mol. The lowest BCUT2D eigenvalue weighted by Crippen LogP contribution is -2.53. The lowest BCUT2D eigenvalue weighted by atomic mass is 9.48. The zero-order valence-electron chi connectivity index (χ0n) is 22.5. The zero-order chi connectivity index (χ0) is 24.1. The van der Waals surface area contributed by atoms with Crippen molar-refractivity contribution in [1.29, 1.82) is 0 Å². The number of hydrogen-bond acceptors (Lipinski definition) is 3. The van der Waals surface area contributed by atoms with Crippen LogP contribution in [0.15, 0.2) is 11.1 Å². The topological polar surface area (TPSA) is 46.5 Å².